The van der Waals surface area contributed by atoms with Crippen LogP contribution in [0.15, 0.2) is 60.3 Å². The number of Topliss-reactive ketones (excluding diaryl/α,β-unsaturated/α-hetero) is 3. The number of aromatic hydroxyl groups is 1. The number of benzene rings is 2. The molecule has 0 aromatic heterocycles. The van der Waals surface area contributed by atoms with E-state index in [-0.39, 0.29) is 72.1 Å². The highest BCUT2D eigenvalue weighted by molar-refractivity contribution is 7.80. The maximum atomic E-state index is 12.8. The second-order valence-corrected chi connectivity index (χ2v) is 9.08. The van der Waals surface area contributed by atoms with Crippen molar-refractivity contribution in [1.29, 1.82) is 0 Å². The van der Waals surface area contributed by atoms with Gasteiger partial charge in [0.15, 0.2) is 24.0 Å². The molecule has 1 fully saturated rings. The summed E-state index contributed by atoms with van der Waals surface area (Å²) in [5, 5.41) is 10.4. The Labute approximate surface area is 212 Å². The first-order valence-corrected chi connectivity index (χ1v) is 11.6. The molecule has 2 aromatic rings. The van der Waals surface area contributed by atoms with Crippen molar-refractivity contribution in [2.75, 3.05) is 19.7 Å². The van der Waals surface area contributed by atoms with E-state index in [2.05, 4.69) is 0 Å². The molecule has 0 bridgehead atoms. The molecule has 0 amide bonds. The number of ether oxygens (including phenoxy) is 2. The van der Waals surface area contributed by atoms with Crippen LogP contribution in [-0.2, 0) is 25.7 Å². The zero-order valence-corrected chi connectivity index (χ0v) is 20.0. The number of nitrogens with two attached hydrogens (primary N) is 1. The lowest BCUT2D eigenvalue weighted by atomic mass is 9.77. The van der Waals surface area contributed by atoms with Crippen molar-refractivity contribution in [1.82, 2.24) is 4.90 Å². The van der Waals surface area contributed by atoms with Gasteiger partial charge in [-0.2, -0.15) is 0 Å². The van der Waals surface area contributed by atoms with Gasteiger partial charge in [-0.15, -0.1) is 0 Å². The third-order valence-electron chi connectivity index (χ3n) is 6.04. The van der Waals surface area contributed by atoms with Crippen molar-refractivity contribution >= 4 is 40.5 Å². The molecule has 186 valence electrons. The fraction of sp³-hybridized carbons (Fsp3) is 0.269. The first-order valence-electron chi connectivity index (χ1n) is 11.2. The number of esters is 1. The summed E-state index contributed by atoms with van der Waals surface area (Å²) in [6.07, 6.45) is 1.71. The zero-order chi connectivity index (χ0) is 25.8. The molecular weight excluding hydrogens is 484 g/mol. The SMILES string of the molecule is NC(=S)C1C(=O)CC2=CN(CC(=O)c3ccc(OCC(=O)OCc4ccccc4)cc3O)CC2C1=O. The maximum Gasteiger partial charge on any atom is 0.344 e. The minimum Gasteiger partial charge on any atom is -0.507 e. The lowest BCUT2D eigenvalue weighted by Gasteiger charge is -2.25. The van der Waals surface area contributed by atoms with Crippen LogP contribution in [0, 0.1) is 11.8 Å². The summed E-state index contributed by atoms with van der Waals surface area (Å²) < 4.78 is 10.5. The van der Waals surface area contributed by atoms with Gasteiger partial charge in [0.2, 0.25) is 0 Å². The van der Waals surface area contributed by atoms with E-state index in [1.165, 1.54) is 18.2 Å². The highest BCUT2D eigenvalue weighted by Gasteiger charge is 2.44. The average molecular weight is 509 g/mol. The quantitative estimate of drug-likeness (QED) is 0.224. The molecular formula is C26H24N2O7S. The molecule has 10 heteroatoms. The Hall–Kier alpha value is -4.05. The minimum absolute atomic E-state index is 0.0608. The van der Waals surface area contributed by atoms with E-state index in [4.69, 9.17) is 27.4 Å². The highest BCUT2D eigenvalue weighted by Crippen LogP contribution is 2.34. The van der Waals surface area contributed by atoms with E-state index in [0.29, 0.717) is 5.57 Å². The molecule has 4 rings (SSSR count). The Morgan fingerprint density at radius 1 is 1.14 bits per heavy atom. The predicted molar refractivity (Wildman–Crippen MR) is 132 cm³/mol. The van der Waals surface area contributed by atoms with Gasteiger partial charge in [-0.1, -0.05) is 42.5 Å². The molecule has 1 aliphatic carbocycles. The average Bonchev–Trinajstić information content (AvgIpc) is 3.24. The maximum absolute atomic E-state index is 12.8. The van der Waals surface area contributed by atoms with Crippen LogP contribution in [0.3, 0.4) is 0 Å². The fourth-order valence-electron chi connectivity index (χ4n) is 4.27. The van der Waals surface area contributed by atoms with Crippen molar-refractivity contribution < 1.29 is 33.8 Å². The van der Waals surface area contributed by atoms with Crippen molar-refractivity contribution in [3.63, 3.8) is 0 Å². The molecule has 0 radical (unpaired) electrons. The van der Waals surface area contributed by atoms with Gasteiger partial charge in [0.05, 0.1) is 23.0 Å². The van der Waals surface area contributed by atoms with E-state index < -0.39 is 17.8 Å². The van der Waals surface area contributed by atoms with Crippen LogP contribution in [0.25, 0.3) is 0 Å². The first kappa shape index (κ1) is 25.1. The van der Waals surface area contributed by atoms with Gasteiger partial charge in [0, 0.05) is 19.0 Å². The molecule has 9 nitrogen and oxygen atoms in total. The van der Waals surface area contributed by atoms with Crippen molar-refractivity contribution in [2.45, 2.75) is 13.0 Å². The molecule has 36 heavy (non-hydrogen) atoms. The van der Waals surface area contributed by atoms with Gasteiger partial charge in [0.1, 0.15) is 24.0 Å². The summed E-state index contributed by atoms with van der Waals surface area (Å²) in [5.74, 6) is -3.36. The summed E-state index contributed by atoms with van der Waals surface area (Å²) in [4.78, 5) is 51.1. The summed E-state index contributed by atoms with van der Waals surface area (Å²) in [5.41, 5.74) is 7.11. The minimum atomic E-state index is -1.08. The third kappa shape index (κ3) is 5.60. The summed E-state index contributed by atoms with van der Waals surface area (Å²) in [6, 6.07) is 13.3. The number of nitrogens with zero attached hydrogens (tertiary/aromatic N) is 1. The number of hydrogen-bond donors (Lipinski definition) is 2. The largest absolute Gasteiger partial charge is 0.507 e. The Kier molecular flexibility index (Phi) is 7.44. The van der Waals surface area contributed by atoms with Crippen LogP contribution in [0.1, 0.15) is 22.3 Å². The second kappa shape index (κ2) is 10.7. The van der Waals surface area contributed by atoms with Crippen LogP contribution < -0.4 is 10.5 Å². The number of phenolic OH excluding ortho intramolecular Hbond substituents is 1. The Morgan fingerprint density at radius 3 is 2.58 bits per heavy atom. The number of rotatable bonds is 9. The van der Waals surface area contributed by atoms with Crippen LogP contribution in [0.2, 0.25) is 0 Å². The van der Waals surface area contributed by atoms with E-state index in [1.54, 1.807) is 11.1 Å². The first-order chi connectivity index (χ1) is 17.2. The van der Waals surface area contributed by atoms with Crippen LogP contribution in [-0.4, -0.2) is 58.0 Å². The van der Waals surface area contributed by atoms with Gasteiger partial charge in [-0.25, -0.2) is 4.79 Å². The van der Waals surface area contributed by atoms with Gasteiger partial charge in [0.25, 0.3) is 0 Å². The lowest BCUT2D eigenvalue weighted by Crippen LogP contribution is -2.44. The number of carbonyl (C=O) groups is 4. The molecule has 2 aromatic carbocycles. The molecule has 0 saturated heterocycles. The van der Waals surface area contributed by atoms with Crippen molar-refractivity contribution in [3.05, 3.63) is 71.4 Å². The summed E-state index contributed by atoms with van der Waals surface area (Å²) in [7, 11) is 0. The molecule has 1 aliphatic heterocycles. The molecule has 0 spiro atoms. The van der Waals surface area contributed by atoms with E-state index in [9.17, 15) is 24.3 Å². The third-order valence-corrected chi connectivity index (χ3v) is 6.28. The van der Waals surface area contributed by atoms with Crippen LogP contribution in [0.4, 0.5) is 0 Å². The Morgan fingerprint density at radius 2 is 1.89 bits per heavy atom. The van der Waals surface area contributed by atoms with Gasteiger partial charge in [-0.05, 0) is 29.5 Å². The number of phenols is 1. The number of carbonyl (C=O) groups excluding carboxylic acids is 4. The lowest BCUT2D eigenvalue weighted by molar-refractivity contribution is -0.147. The predicted octanol–water partition coefficient (Wildman–Crippen LogP) is 1.96. The normalized spacial score (nSPS) is 18.9. The number of thiocarbonyl (C=S) groups is 1. The van der Waals surface area contributed by atoms with Gasteiger partial charge < -0.3 is 25.2 Å². The van der Waals surface area contributed by atoms with E-state index in [1.807, 2.05) is 30.3 Å². The second-order valence-electron chi connectivity index (χ2n) is 8.60. The Balaban J connectivity index is 1.31. The van der Waals surface area contributed by atoms with Gasteiger partial charge in [-0.3, -0.25) is 14.4 Å². The van der Waals surface area contributed by atoms with Crippen molar-refractivity contribution in [3.8, 4) is 11.5 Å². The number of hydrogen-bond acceptors (Lipinski definition) is 9. The van der Waals surface area contributed by atoms with E-state index in [0.717, 1.165) is 5.56 Å². The van der Waals surface area contributed by atoms with Gasteiger partial charge >= 0.3 is 5.97 Å². The standard InChI is InChI=1S/C26H24N2O7S/c27-26(36)24-21(30)8-16-10-28(11-19(16)25(24)33)12-22(31)18-7-6-17(9-20(18)29)34-14-23(32)35-13-15-4-2-1-3-5-15/h1-7,9-10,19,24,29H,8,11-14H2,(H2,27,36). The van der Waals surface area contributed by atoms with Crippen LogP contribution >= 0.6 is 12.2 Å². The zero-order valence-electron chi connectivity index (χ0n) is 19.2. The van der Waals surface area contributed by atoms with Crippen LogP contribution in [0.5, 0.6) is 11.5 Å². The van der Waals surface area contributed by atoms with E-state index >= 15 is 0 Å². The molecule has 2 unspecified atom stereocenters. The Bertz CT molecular complexity index is 1260. The highest BCUT2D eigenvalue weighted by atomic mass is 32.1. The molecule has 2 atom stereocenters. The monoisotopic (exact) mass is 508 g/mol. The molecule has 3 N–H and O–H groups in total. The summed E-state index contributed by atoms with van der Waals surface area (Å²) in [6.45, 7) is -0.102. The topological polar surface area (TPSA) is 136 Å². The number of fused-ring (bicyclic) bond motifs is 1. The molecule has 1 heterocycles. The summed E-state index contributed by atoms with van der Waals surface area (Å²) >= 11 is 4.87. The molecule has 2 aliphatic rings. The number of ketones is 3. The smallest absolute Gasteiger partial charge is 0.344 e. The van der Waals surface area contributed by atoms with Crippen molar-refractivity contribution in [2.24, 2.45) is 17.6 Å². The fourth-order valence-corrected chi connectivity index (χ4v) is 4.52. The molecule has 1 saturated carbocycles.